The van der Waals surface area contributed by atoms with E-state index < -0.39 is 31.1 Å². The van der Waals surface area contributed by atoms with Gasteiger partial charge in [0.05, 0.1) is 12.9 Å². The van der Waals surface area contributed by atoms with Gasteiger partial charge in [0.25, 0.3) is 0 Å². The van der Waals surface area contributed by atoms with Crippen molar-refractivity contribution in [3.05, 3.63) is 19.0 Å². The Hall–Kier alpha value is -1.72. The summed E-state index contributed by atoms with van der Waals surface area (Å²) in [5.74, 6) is 0.698. The van der Waals surface area contributed by atoms with Crippen LogP contribution in [0.15, 0.2) is 24.0 Å². The Morgan fingerprint density at radius 1 is 1.39 bits per heavy atom. The molecule has 3 heterocycles. The van der Waals surface area contributed by atoms with E-state index in [9.17, 15) is 15.3 Å². The Morgan fingerprint density at radius 2 is 2.17 bits per heavy atom. The van der Waals surface area contributed by atoms with Crippen molar-refractivity contribution in [1.29, 1.82) is 0 Å². The first-order valence-electron chi connectivity index (χ1n) is 6.93. The zero-order valence-corrected chi connectivity index (χ0v) is 12.9. The summed E-state index contributed by atoms with van der Waals surface area (Å²) in [5, 5.41) is 29.8. The van der Waals surface area contributed by atoms with Crippen LogP contribution in [0.1, 0.15) is 6.23 Å². The van der Waals surface area contributed by atoms with Gasteiger partial charge >= 0.3 is 0 Å². The number of nitrogens with two attached hydrogens (primary N) is 1. The third kappa shape index (κ3) is 2.79. The van der Waals surface area contributed by atoms with E-state index in [4.69, 9.17) is 10.5 Å². The fraction of sp³-hybridized carbons (Fsp3) is 0.462. The smallest absolute Gasteiger partial charge is 0.223 e. The van der Waals surface area contributed by atoms with Gasteiger partial charge in [0.1, 0.15) is 28.9 Å². The van der Waals surface area contributed by atoms with Crippen LogP contribution < -0.4 is 5.73 Å². The number of nitrogens with zero attached hydrogens (tertiary/aromatic N) is 4. The number of hydrogen-bond donors (Lipinski definition) is 4. The third-order valence-corrected chi connectivity index (χ3v) is 4.50. The van der Waals surface area contributed by atoms with Gasteiger partial charge in [-0.25, -0.2) is 9.97 Å². The number of thioether (sulfide) groups is 1. The first-order chi connectivity index (χ1) is 11.1. The number of nitrogen functional groups attached to an aromatic ring is 1. The lowest BCUT2D eigenvalue weighted by Gasteiger charge is -2.16. The zero-order valence-electron chi connectivity index (χ0n) is 12.1. The summed E-state index contributed by atoms with van der Waals surface area (Å²) >= 11 is 1.41. The second-order valence-corrected chi connectivity index (χ2v) is 6.05. The summed E-state index contributed by atoms with van der Waals surface area (Å²) in [6.45, 7) is 3.25. The molecular formula is C13H17N5O4S. The second-order valence-electron chi connectivity index (χ2n) is 5.04. The molecule has 3 rings (SSSR count). The fourth-order valence-electron chi connectivity index (χ4n) is 2.44. The standard InChI is InChI=1S/C13H17N5O4S/c1-2-3-23-11-7-10(16-13(14)17-11)18(5-15-7)12-9(21)8(20)6(4-19)22-12/h2,5-6,8-9,12,19-21H,1,3-4H2,(H2,14,16,17)/t6-,8-,9-,12-/m1/s1. The van der Waals surface area contributed by atoms with Crippen molar-refractivity contribution < 1.29 is 20.1 Å². The molecule has 2 aromatic rings. The van der Waals surface area contributed by atoms with E-state index >= 15 is 0 Å². The lowest BCUT2D eigenvalue weighted by molar-refractivity contribution is -0.0511. The molecule has 0 bridgehead atoms. The van der Waals surface area contributed by atoms with E-state index in [2.05, 4.69) is 21.5 Å². The van der Waals surface area contributed by atoms with Crippen LogP contribution in [0.25, 0.3) is 11.2 Å². The SMILES string of the molecule is C=CCSc1nc(N)nc2c1ncn2[C@@H]1O[C@H](CO)[C@@H](O)[C@H]1O. The summed E-state index contributed by atoms with van der Waals surface area (Å²) < 4.78 is 6.98. The van der Waals surface area contributed by atoms with Gasteiger partial charge in [-0.1, -0.05) is 17.8 Å². The average molecular weight is 339 g/mol. The highest BCUT2D eigenvalue weighted by atomic mass is 32.2. The maximum Gasteiger partial charge on any atom is 0.223 e. The molecule has 5 N–H and O–H groups in total. The van der Waals surface area contributed by atoms with E-state index in [0.29, 0.717) is 21.9 Å². The predicted octanol–water partition coefficient (Wildman–Crippen LogP) is -0.702. The number of imidazole rings is 1. The molecule has 1 saturated heterocycles. The van der Waals surface area contributed by atoms with Gasteiger partial charge in [0.15, 0.2) is 11.9 Å². The summed E-state index contributed by atoms with van der Waals surface area (Å²) in [6.07, 6.45) is -1.03. The lowest BCUT2D eigenvalue weighted by atomic mass is 10.1. The number of rotatable bonds is 5. The van der Waals surface area contributed by atoms with Crippen LogP contribution >= 0.6 is 11.8 Å². The van der Waals surface area contributed by atoms with Crippen LogP contribution in [-0.4, -0.2) is 65.5 Å². The largest absolute Gasteiger partial charge is 0.394 e. The molecule has 0 spiro atoms. The highest BCUT2D eigenvalue weighted by Gasteiger charge is 2.44. The van der Waals surface area contributed by atoms with E-state index in [-0.39, 0.29) is 5.95 Å². The molecular weight excluding hydrogens is 322 g/mol. The van der Waals surface area contributed by atoms with Gasteiger partial charge in [0.2, 0.25) is 5.95 Å². The minimum absolute atomic E-state index is 0.0672. The molecule has 0 saturated carbocycles. The van der Waals surface area contributed by atoms with Crippen LogP contribution in [0.2, 0.25) is 0 Å². The maximum atomic E-state index is 10.1. The number of ether oxygens (including phenoxy) is 1. The second kappa shape index (κ2) is 6.42. The average Bonchev–Trinajstić information content (AvgIpc) is 3.07. The molecule has 9 nitrogen and oxygen atoms in total. The lowest BCUT2D eigenvalue weighted by Crippen LogP contribution is -2.33. The van der Waals surface area contributed by atoms with Crippen molar-refractivity contribution in [3.8, 4) is 0 Å². The number of aromatic nitrogens is 4. The molecule has 1 fully saturated rings. The van der Waals surface area contributed by atoms with Crippen molar-refractivity contribution >= 4 is 28.9 Å². The van der Waals surface area contributed by atoms with Crippen LogP contribution in [0.4, 0.5) is 5.95 Å². The summed E-state index contributed by atoms with van der Waals surface area (Å²) in [5.41, 5.74) is 6.65. The molecule has 1 aliphatic rings. The van der Waals surface area contributed by atoms with Crippen LogP contribution in [0.3, 0.4) is 0 Å². The normalized spacial score (nSPS) is 27.6. The monoisotopic (exact) mass is 339 g/mol. The van der Waals surface area contributed by atoms with Crippen molar-refractivity contribution in [2.45, 2.75) is 29.6 Å². The molecule has 4 atom stereocenters. The first kappa shape index (κ1) is 16.1. The van der Waals surface area contributed by atoms with Gasteiger partial charge in [-0.05, 0) is 0 Å². The zero-order chi connectivity index (χ0) is 16.6. The van der Waals surface area contributed by atoms with Crippen molar-refractivity contribution in [2.75, 3.05) is 18.1 Å². The van der Waals surface area contributed by atoms with Crippen LogP contribution in [0.5, 0.6) is 0 Å². The first-order valence-corrected chi connectivity index (χ1v) is 7.91. The number of hydrogen-bond acceptors (Lipinski definition) is 9. The maximum absolute atomic E-state index is 10.1. The van der Waals surface area contributed by atoms with Gasteiger partial charge in [-0.3, -0.25) is 4.57 Å². The van der Waals surface area contributed by atoms with E-state index in [1.807, 2.05) is 0 Å². The van der Waals surface area contributed by atoms with Gasteiger partial charge < -0.3 is 25.8 Å². The van der Waals surface area contributed by atoms with Crippen LogP contribution in [-0.2, 0) is 4.74 Å². The number of aliphatic hydroxyl groups is 3. The molecule has 10 heteroatoms. The molecule has 0 radical (unpaired) electrons. The van der Waals surface area contributed by atoms with Gasteiger partial charge in [-0.15, -0.1) is 6.58 Å². The number of anilines is 1. The van der Waals surface area contributed by atoms with Gasteiger partial charge in [-0.2, -0.15) is 4.98 Å². The highest BCUT2D eigenvalue weighted by Crippen LogP contribution is 2.33. The van der Waals surface area contributed by atoms with Crippen molar-refractivity contribution in [3.63, 3.8) is 0 Å². The van der Waals surface area contributed by atoms with E-state index in [1.54, 1.807) is 6.08 Å². The molecule has 0 amide bonds. The topological polar surface area (TPSA) is 140 Å². The third-order valence-electron chi connectivity index (χ3n) is 3.54. The van der Waals surface area contributed by atoms with E-state index in [0.717, 1.165) is 0 Å². The highest BCUT2D eigenvalue weighted by molar-refractivity contribution is 7.99. The van der Waals surface area contributed by atoms with E-state index in [1.165, 1.54) is 22.7 Å². The van der Waals surface area contributed by atoms with Crippen molar-refractivity contribution in [1.82, 2.24) is 19.5 Å². The quantitative estimate of drug-likeness (QED) is 0.316. The molecule has 1 aliphatic heterocycles. The summed E-state index contributed by atoms with van der Waals surface area (Å²) in [6, 6.07) is 0. The molecule has 2 aromatic heterocycles. The Kier molecular flexibility index (Phi) is 4.50. The number of aliphatic hydroxyl groups excluding tert-OH is 3. The molecule has 124 valence electrons. The molecule has 23 heavy (non-hydrogen) atoms. The molecule has 0 aliphatic carbocycles. The van der Waals surface area contributed by atoms with Crippen molar-refractivity contribution in [2.24, 2.45) is 0 Å². The predicted molar refractivity (Wildman–Crippen MR) is 83.7 cm³/mol. The Morgan fingerprint density at radius 3 is 2.83 bits per heavy atom. The summed E-state index contributed by atoms with van der Waals surface area (Å²) in [4.78, 5) is 12.6. The molecule has 0 unspecified atom stereocenters. The Labute approximate surface area is 135 Å². The Bertz CT molecular complexity index is 724. The minimum atomic E-state index is -1.22. The summed E-state index contributed by atoms with van der Waals surface area (Å²) in [7, 11) is 0. The Balaban J connectivity index is 2.02. The van der Waals surface area contributed by atoms with Gasteiger partial charge in [0, 0.05) is 5.75 Å². The molecule has 0 aromatic carbocycles. The number of fused-ring (bicyclic) bond motifs is 1. The van der Waals surface area contributed by atoms with Crippen LogP contribution in [0, 0.1) is 0 Å². The fourth-order valence-corrected chi connectivity index (χ4v) is 3.16. The minimum Gasteiger partial charge on any atom is -0.394 e.